The van der Waals surface area contributed by atoms with Crippen molar-refractivity contribution >= 4 is 51.7 Å². The van der Waals surface area contributed by atoms with Crippen molar-refractivity contribution in [2.24, 2.45) is 4.99 Å². The summed E-state index contributed by atoms with van der Waals surface area (Å²) < 4.78 is 5.40. The van der Waals surface area contributed by atoms with E-state index >= 15 is 0 Å². The maximum absolute atomic E-state index is 12.7. The SMILES string of the molecule is CCOc1ccc(NC(=O)C2CC(=O)N(C)C(=Nc3ccc(Cl)cc3)S2)cc1. The smallest absolute Gasteiger partial charge is 0.238 e. The molecule has 2 amide bonds. The van der Waals surface area contributed by atoms with Crippen LogP contribution in [0.25, 0.3) is 0 Å². The van der Waals surface area contributed by atoms with Gasteiger partial charge in [-0.1, -0.05) is 23.4 Å². The van der Waals surface area contributed by atoms with E-state index in [1.807, 2.05) is 6.92 Å². The summed E-state index contributed by atoms with van der Waals surface area (Å²) in [5.74, 6) is 0.347. The average Bonchev–Trinajstić information content (AvgIpc) is 2.68. The standard InChI is InChI=1S/C20H20ClN3O3S/c1-3-27-16-10-8-14(9-11-16)22-19(26)17-12-18(25)24(2)20(28-17)23-15-6-4-13(21)5-7-15/h4-11,17H,3,12H2,1-2H3,(H,22,26). The van der Waals surface area contributed by atoms with Crippen molar-refractivity contribution in [3.63, 3.8) is 0 Å². The normalized spacial score (nSPS) is 18.2. The maximum Gasteiger partial charge on any atom is 0.238 e. The number of hydrogen-bond donors (Lipinski definition) is 1. The summed E-state index contributed by atoms with van der Waals surface area (Å²) in [4.78, 5) is 31.0. The summed E-state index contributed by atoms with van der Waals surface area (Å²) in [6.07, 6.45) is 0.115. The molecule has 1 unspecified atom stereocenters. The fourth-order valence-electron chi connectivity index (χ4n) is 2.55. The highest BCUT2D eigenvalue weighted by Crippen LogP contribution is 2.29. The molecule has 1 heterocycles. The Morgan fingerprint density at radius 3 is 2.57 bits per heavy atom. The number of halogens is 1. The Labute approximate surface area is 172 Å². The molecule has 8 heteroatoms. The van der Waals surface area contributed by atoms with Gasteiger partial charge in [-0.15, -0.1) is 0 Å². The van der Waals surface area contributed by atoms with Crippen molar-refractivity contribution in [2.75, 3.05) is 19.0 Å². The first-order valence-electron chi connectivity index (χ1n) is 8.77. The Morgan fingerprint density at radius 2 is 1.93 bits per heavy atom. The molecule has 1 N–H and O–H groups in total. The van der Waals surface area contributed by atoms with Crippen LogP contribution in [-0.2, 0) is 9.59 Å². The summed E-state index contributed by atoms with van der Waals surface area (Å²) in [5.41, 5.74) is 1.32. The van der Waals surface area contributed by atoms with E-state index in [1.54, 1.807) is 55.6 Å². The van der Waals surface area contributed by atoms with Crippen LogP contribution in [0.3, 0.4) is 0 Å². The van der Waals surface area contributed by atoms with Gasteiger partial charge in [-0.05, 0) is 55.5 Å². The number of anilines is 1. The number of nitrogens with one attached hydrogen (secondary N) is 1. The zero-order valence-electron chi connectivity index (χ0n) is 15.5. The summed E-state index contributed by atoms with van der Waals surface area (Å²) in [7, 11) is 1.66. The first-order chi connectivity index (χ1) is 13.5. The molecule has 28 heavy (non-hydrogen) atoms. The molecule has 1 saturated heterocycles. The number of ether oxygens (including phenoxy) is 1. The minimum atomic E-state index is -0.554. The van der Waals surface area contributed by atoms with Crippen LogP contribution < -0.4 is 10.1 Å². The number of carbonyl (C=O) groups excluding carboxylic acids is 2. The molecule has 0 aromatic heterocycles. The molecular weight excluding hydrogens is 398 g/mol. The fraction of sp³-hybridized carbons (Fsp3) is 0.250. The maximum atomic E-state index is 12.7. The van der Waals surface area contributed by atoms with Crippen LogP contribution in [0, 0.1) is 0 Å². The molecule has 3 rings (SSSR count). The van der Waals surface area contributed by atoms with Gasteiger partial charge in [0.25, 0.3) is 0 Å². The third-order valence-corrected chi connectivity index (χ3v) is 5.54. The van der Waals surface area contributed by atoms with E-state index in [2.05, 4.69) is 10.3 Å². The van der Waals surface area contributed by atoms with Crippen LogP contribution in [0.2, 0.25) is 5.02 Å². The molecule has 1 fully saturated rings. The van der Waals surface area contributed by atoms with E-state index in [9.17, 15) is 9.59 Å². The van der Waals surface area contributed by atoms with Gasteiger partial charge in [0.2, 0.25) is 11.8 Å². The molecule has 0 aliphatic carbocycles. The molecule has 0 saturated carbocycles. The van der Waals surface area contributed by atoms with Crippen LogP contribution in [0.1, 0.15) is 13.3 Å². The van der Waals surface area contributed by atoms with Crippen LogP contribution in [0.5, 0.6) is 5.75 Å². The average molecular weight is 418 g/mol. The highest BCUT2D eigenvalue weighted by molar-refractivity contribution is 8.15. The van der Waals surface area contributed by atoms with Crippen LogP contribution in [0.4, 0.5) is 11.4 Å². The zero-order chi connectivity index (χ0) is 20.1. The Balaban J connectivity index is 1.71. The predicted molar refractivity (Wildman–Crippen MR) is 114 cm³/mol. The van der Waals surface area contributed by atoms with Gasteiger partial charge in [-0.3, -0.25) is 14.5 Å². The van der Waals surface area contributed by atoms with E-state index in [1.165, 1.54) is 16.7 Å². The zero-order valence-corrected chi connectivity index (χ0v) is 17.1. The molecule has 1 atom stereocenters. The number of carbonyl (C=O) groups is 2. The second-order valence-electron chi connectivity index (χ2n) is 6.08. The minimum Gasteiger partial charge on any atom is -0.494 e. The van der Waals surface area contributed by atoms with Crippen molar-refractivity contribution in [2.45, 2.75) is 18.6 Å². The van der Waals surface area contributed by atoms with Crippen molar-refractivity contribution in [1.29, 1.82) is 0 Å². The van der Waals surface area contributed by atoms with Crippen molar-refractivity contribution in [3.8, 4) is 5.75 Å². The molecule has 1 aliphatic heterocycles. The van der Waals surface area contributed by atoms with Crippen molar-refractivity contribution < 1.29 is 14.3 Å². The van der Waals surface area contributed by atoms with Gasteiger partial charge in [-0.25, -0.2) is 4.99 Å². The molecule has 0 radical (unpaired) electrons. The number of benzene rings is 2. The molecule has 1 aliphatic rings. The third kappa shape index (κ3) is 5.05. The lowest BCUT2D eigenvalue weighted by Crippen LogP contribution is -2.43. The number of aliphatic imine (C=N–C) groups is 1. The first kappa shape index (κ1) is 20.2. The highest BCUT2D eigenvalue weighted by Gasteiger charge is 2.34. The van der Waals surface area contributed by atoms with E-state index in [0.29, 0.717) is 28.2 Å². The van der Waals surface area contributed by atoms with Crippen molar-refractivity contribution in [3.05, 3.63) is 53.6 Å². The first-order valence-corrected chi connectivity index (χ1v) is 10.0. The second kappa shape index (κ2) is 9.12. The van der Waals surface area contributed by atoms with Gasteiger partial charge in [0.05, 0.1) is 12.3 Å². The van der Waals surface area contributed by atoms with Gasteiger partial charge in [0, 0.05) is 24.2 Å². The monoisotopic (exact) mass is 417 g/mol. The number of amides is 2. The highest BCUT2D eigenvalue weighted by atomic mass is 35.5. The van der Waals surface area contributed by atoms with Crippen LogP contribution in [-0.4, -0.2) is 40.8 Å². The van der Waals surface area contributed by atoms with E-state index < -0.39 is 5.25 Å². The third-order valence-electron chi connectivity index (χ3n) is 4.05. The molecule has 146 valence electrons. The summed E-state index contributed by atoms with van der Waals surface area (Å²) in [6, 6.07) is 14.1. The van der Waals surface area contributed by atoms with E-state index in [0.717, 1.165) is 5.75 Å². The van der Waals surface area contributed by atoms with Gasteiger partial charge in [0.15, 0.2) is 5.17 Å². The van der Waals surface area contributed by atoms with E-state index in [-0.39, 0.29) is 18.2 Å². The van der Waals surface area contributed by atoms with Gasteiger partial charge < -0.3 is 10.1 Å². The largest absolute Gasteiger partial charge is 0.494 e. The second-order valence-corrected chi connectivity index (χ2v) is 7.69. The Kier molecular flexibility index (Phi) is 6.59. The Morgan fingerprint density at radius 1 is 1.25 bits per heavy atom. The fourth-order valence-corrected chi connectivity index (χ4v) is 3.74. The minimum absolute atomic E-state index is 0.115. The molecule has 2 aromatic rings. The molecule has 0 bridgehead atoms. The molecule has 6 nitrogen and oxygen atoms in total. The van der Waals surface area contributed by atoms with E-state index in [4.69, 9.17) is 16.3 Å². The summed E-state index contributed by atoms with van der Waals surface area (Å²) in [6.45, 7) is 2.49. The lowest BCUT2D eigenvalue weighted by Gasteiger charge is -2.28. The lowest BCUT2D eigenvalue weighted by atomic mass is 10.2. The summed E-state index contributed by atoms with van der Waals surface area (Å²) >= 11 is 7.16. The number of thioether (sulfide) groups is 1. The summed E-state index contributed by atoms with van der Waals surface area (Å²) in [5, 5.41) is 3.38. The number of hydrogen-bond acceptors (Lipinski definition) is 5. The molecule has 2 aromatic carbocycles. The van der Waals surface area contributed by atoms with Gasteiger partial charge >= 0.3 is 0 Å². The van der Waals surface area contributed by atoms with Gasteiger partial charge in [0.1, 0.15) is 11.0 Å². The lowest BCUT2D eigenvalue weighted by molar-refractivity contribution is -0.128. The van der Waals surface area contributed by atoms with Gasteiger partial charge in [-0.2, -0.15) is 0 Å². The van der Waals surface area contributed by atoms with Crippen LogP contribution >= 0.6 is 23.4 Å². The van der Waals surface area contributed by atoms with Crippen molar-refractivity contribution in [1.82, 2.24) is 4.90 Å². The Bertz CT molecular complexity index is 885. The van der Waals surface area contributed by atoms with Crippen LogP contribution in [0.15, 0.2) is 53.5 Å². The molecular formula is C20H20ClN3O3S. The predicted octanol–water partition coefficient (Wildman–Crippen LogP) is 4.33. The molecule has 0 spiro atoms. The number of amidine groups is 1. The number of rotatable bonds is 5. The Hall–Kier alpha value is -2.51. The topological polar surface area (TPSA) is 71.0 Å². The quantitative estimate of drug-likeness (QED) is 0.786. The number of nitrogens with zero attached hydrogens (tertiary/aromatic N) is 2.